The van der Waals surface area contributed by atoms with Crippen LogP contribution in [-0.2, 0) is 4.79 Å². The van der Waals surface area contributed by atoms with E-state index in [4.69, 9.17) is 0 Å². The Kier molecular flexibility index (Phi) is 5.31. The van der Waals surface area contributed by atoms with Gasteiger partial charge in [0.05, 0.1) is 11.6 Å². The normalized spacial score (nSPS) is 11.7. The van der Waals surface area contributed by atoms with Gasteiger partial charge < -0.3 is 10.1 Å². The summed E-state index contributed by atoms with van der Waals surface area (Å²) in [7, 11) is 0. The summed E-state index contributed by atoms with van der Waals surface area (Å²) in [5, 5.41) is 9.55. The van der Waals surface area contributed by atoms with E-state index in [-0.39, 0.29) is 28.5 Å². The van der Waals surface area contributed by atoms with Crippen molar-refractivity contribution in [3.63, 3.8) is 0 Å². The fraction of sp³-hybridized carbons (Fsp3) is 0.136. The molecule has 27 heavy (non-hydrogen) atoms. The Hall–Kier alpha value is -3.47. The monoisotopic (exact) mass is 361 g/mol. The minimum Gasteiger partial charge on any atom is -0.481 e. The Morgan fingerprint density at radius 1 is 0.889 bits per heavy atom. The zero-order valence-electron chi connectivity index (χ0n) is 14.8. The average Bonchev–Trinajstić information content (AvgIpc) is 3.13. The summed E-state index contributed by atoms with van der Waals surface area (Å²) in [6, 6.07) is 18.7. The quantitative estimate of drug-likeness (QED) is 0.621. The lowest BCUT2D eigenvalue weighted by molar-refractivity contribution is -0.138. The van der Waals surface area contributed by atoms with Crippen LogP contribution < -0.4 is 0 Å². The molecule has 3 rings (SSSR count). The number of carbonyl (C=O) groups is 3. The van der Waals surface area contributed by atoms with Gasteiger partial charge >= 0.3 is 5.97 Å². The predicted octanol–water partition coefficient (Wildman–Crippen LogP) is 4.05. The number of aromatic nitrogens is 1. The van der Waals surface area contributed by atoms with Crippen LogP contribution >= 0.6 is 0 Å². The van der Waals surface area contributed by atoms with Crippen molar-refractivity contribution in [1.29, 1.82) is 0 Å². The first-order valence-electron chi connectivity index (χ1n) is 8.68. The van der Waals surface area contributed by atoms with E-state index < -0.39 is 11.9 Å². The summed E-state index contributed by atoms with van der Waals surface area (Å²) >= 11 is 0. The first kappa shape index (κ1) is 18.3. The van der Waals surface area contributed by atoms with Crippen LogP contribution in [0.5, 0.6) is 0 Å². The molecule has 0 fully saturated rings. The lowest BCUT2D eigenvalue weighted by Gasteiger charge is -2.10. The highest BCUT2D eigenvalue weighted by atomic mass is 16.4. The maximum atomic E-state index is 13.0. The first-order chi connectivity index (χ1) is 13.0. The van der Waals surface area contributed by atoms with Gasteiger partial charge in [0.25, 0.3) is 0 Å². The number of H-pyrrole nitrogens is 1. The topological polar surface area (TPSA) is 87.2 Å². The molecule has 136 valence electrons. The molecule has 0 aliphatic heterocycles. The van der Waals surface area contributed by atoms with E-state index in [1.807, 2.05) is 0 Å². The highest BCUT2D eigenvalue weighted by Crippen LogP contribution is 2.27. The van der Waals surface area contributed by atoms with Crippen molar-refractivity contribution in [2.45, 2.75) is 19.3 Å². The number of benzene rings is 2. The van der Waals surface area contributed by atoms with Crippen LogP contribution in [0.4, 0.5) is 0 Å². The molecule has 0 radical (unpaired) electrons. The van der Waals surface area contributed by atoms with Crippen LogP contribution in [0, 0.1) is 0 Å². The van der Waals surface area contributed by atoms with Crippen LogP contribution in [0.1, 0.15) is 56.9 Å². The summed E-state index contributed by atoms with van der Waals surface area (Å²) in [6.07, 6.45) is 0.296. The molecule has 2 aromatic carbocycles. The van der Waals surface area contributed by atoms with Crippen molar-refractivity contribution in [3.05, 3.63) is 94.8 Å². The SMILES string of the molecule is CCC(C(=O)O)c1[nH]c(C(=O)c2ccccc2)cc1C(=O)c1ccccc1. The van der Waals surface area contributed by atoms with Crippen molar-refractivity contribution in [1.82, 2.24) is 4.98 Å². The van der Waals surface area contributed by atoms with E-state index in [9.17, 15) is 19.5 Å². The van der Waals surface area contributed by atoms with Gasteiger partial charge in [0, 0.05) is 22.4 Å². The van der Waals surface area contributed by atoms with Crippen molar-refractivity contribution in [2.24, 2.45) is 0 Å². The predicted molar refractivity (Wildman–Crippen MR) is 101 cm³/mol. The van der Waals surface area contributed by atoms with Gasteiger partial charge in [-0.2, -0.15) is 0 Å². The highest BCUT2D eigenvalue weighted by Gasteiger charge is 2.28. The Morgan fingerprint density at radius 2 is 1.41 bits per heavy atom. The van der Waals surface area contributed by atoms with Gasteiger partial charge in [-0.05, 0) is 12.5 Å². The highest BCUT2D eigenvalue weighted by molar-refractivity contribution is 6.14. The standard InChI is InChI=1S/C22H19NO4/c1-2-16(22(26)27)19-17(20(24)14-9-5-3-6-10-14)13-18(23-19)21(25)15-11-7-4-8-12-15/h3-13,16,23H,2H2,1H3,(H,26,27). The second-order valence-corrected chi connectivity index (χ2v) is 6.20. The molecule has 3 aromatic rings. The van der Waals surface area contributed by atoms with Crippen molar-refractivity contribution in [3.8, 4) is 0 Å². The third kappa shape index (κ3) is 3.72. The minimum absolute atomic E-state index is 0.204. The fourth-order valence-corrected chi connectivity index (χ4v) is 3.05. The molecule has 1 unspecified atom stereocenters. The molecule has 1 heterocycles. The lowest BCUT2D eigenvalue weighted by atomic mass is 9.95. The van der Waals surface area contributed by atoms with E-state index in [1.54, 1.807) is 67.6 Å². The molecule has 1 aromatic heterocycles. The van der Waals surface area contributed by atoms with Crippen LogP contribution in [0.3, 0.4) is 0 Å². The molecule has 5 nitrogen and oxygen atoms in total. The molecule has 2 N–H and O–H groups in total. The third-order valence-corrected chi connectivity index (χ3v) is 4.46. The largest absolute Gasteiger partial charge is 0.481 e. The Labute approximate surface area is 156 Å². The number of aliphatic carboxylic acids is 1. The van der Waals surface area contributed by atoms with Crippen molar-refractivity contribution >= 4 is 17.5 Å². The number of carboxylic acid groups (broad SMARTS) is 1. The second-order valence-electron chi connectivity index (χ2n) is 6.20. The molecule has 0 saturated carbocycles. The molecule has 1 atom stereocenters. The smallest absolute Gasteiger partial charge is 0.312 e. The van der Waals surface area contributed by atoms with Crippen LogP contribution in [0.25, 0.3) is 0 Å². The summed E-state index contributed by atoms with van der Waals surface area (Å²) in [4.78, 5) is 40.3. The van der Waals surface area contributed by atoms with E-state index in [1.165, 1.54) is 6.07 Å². The number of aromatic amines is 1. The zero-order valence-corrected chi connectivity index (χ0v) is 14.8. The number of carbonyl (C=O) groups excluding carboxylic acids is 2. The summed E-state index contributed by atoms with van der Waals surface area (Å²) in [5.74, 6) is -2.54. The third-order valence-electron chi connectivity index (χ3n) is 4.46. The van der Waals surface area contributed by atoms with Gasteiger partial charge in [-0.1, -0.05) is 67.6 Å². The van der Waals surface area contributed by atoms with Crippen LogP contribution in [0.2, 0.25) is 0 Å². The molecular formula is C22H19NO4. The van der Waals surface area contributed by atoms with E-state index in [0.29, 0.717) is 17.5 Å². The van der Waals surface area contributed by atoms with Gasteiger partial charge in [0.2, 0.25) is 5.78 Å². The number of ketones is 2. The van der Waals surface area contributed by atoms with E-state index in [0.717, 1.165) is 0 Å². The Morgan fingerprint density at radius 3 is 1.89 bits per heavy atom. The maximum absolute atomic E-state index is 13.0. The fourth-order valence-electron chi connectivity index (χ4n) is 3.05. The molecule has 0 aliphatic rings. The summed E-state index contributed by atoms with van der Waals surface area (Å²) in [5.41, 5.74) is 1.59. The number of hydrogen-bond acceptors (Lipinski definition) is 3. The molecule has 0 bridgehead atoms. The van der Waals surface area contributed by atoms with Crippen molar-refractivity contribution < 1.29 is 19.5 Å². The number of nitrogens with one attached hydrogen (secondary N) is 1. The zero-order chi connectivity index (χ0) is 19.4. The molecule has 0 aliphatic carbocycles. The molecular weight excluding hydrogens is 342 g/mol. The Bertz CT molecular complexity index is 974. The van der Waals surface area contributed by atoms with Crippen LogP contribution in [0.15, 0.2) is 66.7 Å². The summed E-state index contributed by atoms with van der Waals surface area (Å²) < 4.78 is 0. The second kappa shape index (κ2) is 7.83. The van der Waals surface area contributed by atoms with Gasteiger partial charge in [0.1, 0.15) is 0 Å². The van der Waals surface area contributed by atoms with Gasteiger partial charge in [-0.25, -0.2) is 0 Å². The van der Waals surface area contributed by atoms with Gasteiger partial charge in [-0.15, -0.1) is 0 Å². The summed E-state index contributed by atoms with van der Waals surface area (Å²) in [6.45, 7) is 1.73. The number of rotatable bonds is 7. The molecule has 0 amide bonds. The van der Waals surface area contributed by atoms with E-state index >= 15 is 0 Å². The number of carboxylic acids is 1. The molecule has 5 heteroatoms. The minimum atomic E-state index is -1.04. The van der Waals surface area contributed by atoms with Gasteiger partial charge in [0.15, 0.2) is 5.78 Å². The Balaban J connectivity index is 2.10. The first-order valence-corrected chi connectivity index (χ1v) is 8.68. The van der Waals surface area contributed by atoms with Crippen LogP contribution in [-0.4, -0.2) is 27.6 Å². The van der Waals surface area contributed by atoms with E-state index in [2.05, 4.69) is 4.98 Å². The van der Waals surface area contributed by atoms with Gasteiger partial charge in [-0.3, -0.25) is 14.4 Å². The molecule has 0 saturated heterocycles. The lowest BCUT2D eigenvalue weighted by Crippen LogP contribution is -2.15. The number of hydrogen-bond donors (Lipinski definition) is 2. The molecule has 0 spiro atoms. The maximum Gasteiger partial charge on any atom is 0.312 e. The average molecular weight is 361 g/mol. The van der Waals surface area contributed by atoms with Crippen molar-refractivity contribution in [2.75, 3.05) is 0 Å².